The monoisotopic (exact) mass is 341 g/mol. The van der Waals surface area contributed by atoms with Crippen molar-refractivity contribution >= 4 is 15.7 Å². The first kappa shape index (κ1) is 19.5. The molecule has 1 amide bonds. The van der Waals surface area contributed by atoms with Crippen LogP contribution in [0.15, 0.2) is 24.3 Å². The zero-order valence-electron chi connectivity index (χ0n) is 14.5. The van der Waals surface area contributed by atoms with E-state index in [0.29, 0.717) is 0 Å². The van der Waals surface area contributed by atoms with Gasteiger partial charge in [0.1, 0.15) is 11.0 Å². The van der Waals surface area contributed by atoms with Gasteiger partial charge in [-0.05, 0) is 58.2 Å². The first-order chi connectivity index (χ1) is 10.7. The Balaban J connectivity index is 2.52. The molecule has 2 atom stereocenters. The van der Waals surface area contributed by atoms with Crippen LogP contribution in [0.5, 0.6) is 5.75 Å². The lowest BCUT2D eigenvalue weighted by Gasteiger charge is -2.19. The second-order valence-corrected chi connectivity index (χ2v) is 8.90. The maximum Gasteiger partial charge on any atom is 0.238 e. The van der Waals surface area contributed by atoms with E-state index >= 15 is 0 Å². The molecule has 0 aliphatic rings. The van der Waals surface area contributed by atoms with Crippen LogP contribution < -0.4 is 10.1 Å². The zero-order valence-corrected chi connectivity index (χ0v) is 15.3. The molecule has 6 heteroatoms. The van der Waals surface area contributed by atoms with Gasteiger partial charge in [-0.3, -0.25) is 4.79 Å². The first-order valence-electron chi connectivity index (χ1n) is 7.84. The average Bonchev–Trinajstić information content (AvgIpc) is 2.52. The van der Waals surface area contributed by atoms with Crippen molar-refractivity contribution in [2.75, 3.05) is 7.11 Å². The molecule has 1 aromatic carbocycles. The van der Waals surface area contributed by atoms with Crippen LogP contribution in [0.3, 0.4) is 0 Å². The van der Waals surface area contributed by atoms with Crippen LogP contribution in [-0.2, 0) is 21.1 Å². The number of aryl methyl sites for hydroxylation is 1. The third kappa shape index (κ3) is 5.53. The molecular weight excluding hydrogens is 314 g/mol. The molecule has 0 heterocycles. The second kappa shape index (κ2) is 8.34. The number of hydrogen-bond donors (Lipinski definition) is 1. The molecule has 0 saturated heterocycles. The SMILES string of the molecule is COc1ccc(CC[C@@H](C)NC(=O)[C@@H](C)S(=O)(=O)C(C)C)cc1. The predicted molar refractivity (Wildman–Crippen MR) is 92.4 cm³/mol. The summed E-state index contributed by atoms with van der Waals surface area (Å²) < 4.78 is 29.2. The van der Waals surface area contributed by atoms with Crippen LogP contribution in [0.1, 0.15) is 39.7 Å². The molecule has 1 rings (SSSR count). The Morgan fingerprint density at radius 3 is 2.17 bits per heavy atom. The van der Waals surface area contributed by atoms with Crippen LogP contribution in [0.2, 0.25) is 0 Å². The summed E-state index contributed by atoms with van der Waals surface area (Å²) in [5.41, 5.74) is 1.15. The van der Waals surface area contributed by atoms with Crippen molar-refractivity contribution in [1.29, 1.82) is 0 Å². The van der Waals surface area contributed by atoms with Gasteiger partial charge < -0.3 is 10.1 Å². The molecule has 0 aliphatic carbocycles. The van der Waals surface area contributed by atoms with Crippen molar-refractivity contribution in [2.24, 2.45) is 0 Å². The van der Waals surface area contributed by atoms with Crippen LogP contribution in [0.25, 0.3) is 0 Å². The van der Waals surface area contributed by atoms with Gasteiger partial charge in [0, 0.05) is 6.04 Å². The van der Waals surface area contributed by atoms with Crippen molar-refractivity contribution in [3.8, 4) is 5.75 Å². The molecule has 0 aliphatic heterocycles. The minimum atomic E-state index is -3.42. The molecule has 0 radical (unpaired) electrons. The lowest BCUT2D eigenvalue weighted by Crippen LogP contribution is -2.44. The number of nitrogens with one attached hydrogen (secondary N) is 1. The maximum atomic E-state index is 12.1. The van der Waals surface area contributed by atoms with E-state index in [1.54, 1.807) is 21.0 Å². The number of ether oxygens (including phenoxy) is 1. The zero-order chi connectivity index (χ0) is 17.6. The summed E-state index contributed by atoms with van der Waals surface area (Å²) in [6.07, 6.45) is 1.54. The molecule has 23 heavy (non-hydrogen) atoms. The third-order valence-electron chi connectivity index (χ3n) is 3.93. The Labute approximate surface area is 139 Å². The third-order valence-corrected chi connectivity index (χ3v) is 6.45. The van der Waals surface area contributed by atoms with E-state index in [1.807, 2.05) is 31.2 Å². The Morgan fingerprint density at radius 1 is 1.13 bits per heavy atom. The van der Waals surface area contributed by atoms with E-state index in [4.69, 9.17) is 4.74 Å². The number of hydrogen-bond acceptors (Lipinski definition) is 4. The van der Waals surface area contributed by atoms with Gasteiger partial charge in [0.05, 0.1) is 12.4 Å². The lowest BCUT2D eigenvalue weighted by atomic mass is 10.1. The second-order valence-electron chi connectivity index (χ2n) is 6.08. The van der Waals surface area contributed by atoms with Crippen LogP contribution in [0, 0.1) is 0 Å². The van der Waals surface area contributed by atoms with Gasteiger partial charge in [0.15, 0.2) is 9.84 Å². The Hall–Kier alpha value is -1.56. The van der Waals surface area contributed by atoms with Crippen LogP contribution >= 0.6 is 0 Å². The van der Waals surface area contributed by atoms with Gasteiger partial charge in [0.2, 0.25) is 5.91 Å². The van der Waals surface area contributed by atoms with E-state index in [1.165, 1.54) is 6.92 Å². The number of carbonyl (C=O) groups excluding carboxylic acids is 1. The molecule has 1 aromatic rings. The van der Waals surface area contributed by atoms with Crippen molar-refractivity contribution in [1.82, 2.24) is 5.32 Å². The summed E-state index contributed by atoms with van der Waals surface area (Å²) in [5.74, 6) is 0.378. The van der Waals surface area contributed by atoms with Crippen molar-refractivity contribution < 1.29 is 17.9 Å². The predicted octanol–water partition coefficient (Wildman–Crippen LogP) is 2.34. The van der Waals surface area contributed by atoms with Gasteiger partial charge in [-0.15, -0.1) is 0 Å². The number of sulfone groups is 1. The van der Waals surface area contributed by atoms with E-state index < -0.39 is 26.2 Å². The van der Waals surface area contributed by atoms with E-state index in [0.717, 1.165) is 24.2 Å². The molecule has 5 nitrogen and oxygen atoms in total. The van der Waals surface area contributed by atoms with Gasteiger partial charge in [0.25, 0.3) is 0 Å². The van der Waals surface area contributed by atoms with Crippen molar-refractivity contribution in [3.05, 3.63) is 29.8 Å². The van der Waals surface area contributed by atoms with Crippen LogP contribution in [-0.4, -0.2) is 38.0 Å². The summed E-state index contributed by atoms with van der Waals surface area (Å²) in [6.45, 7) is 6.51. The highest BCUT2D eigenvalue weighted by molar-refractivity contribution is 7.93. The molecule has 0 spiro atoms. The number of rotatable bonds is 8. The standard InChI is InChI=1S/C17H27NO4S/c1-12(2)23(20,21)14(4)17(19)18-13(3)6-7-15-8-10-16(22-5)11-9-15/h8-14H,6-7H2,1-5H3,(H,18,19)/t13-,14-/m1/s1. The van der Waals surface area contributed by atoms with E-state index in [2.05, 4.69) is 5.32 Å². The number of carbonyl (C=O) groups is 1. The number of methoxy groups -OCH3 is 1. The Kier molecular flexibility index (Phi) is 7.06. The fraction of sp³-hybridized carbons (Fsp3) is 0.588. The highest BCUT2D eigenvalue weighted by atomic mass is 32.2. The molecular formula is C17H27NO4S. The highest BCUT2D eigenvalue weighted by Crippen LogP contribution is 2.14. The van der Waals surface area contributed by atoms with Crippen molar-refractivity contribution in [2.45, 2.75) is 57.1 Å². The Bertz CT molecular complexity index is 608. The maximum absolute atomic E-state index is 12.1. The fourth-order valence-electron chi connectivity index (χ4n) is 2.17. The number of benzene rings is 1. The molecule has 0 bridgehead atoms. The summed E-state index contributed by atoms with van der Waals surface area (Å²) in [4.78, 5) is 12.1. The highest BCUT2D eigenvalue weighted by Gasteiger charge is 2.31. The van der Waals surface area contributed by atoms with Gasteiger partial charge >= 0.3 is 0 Å². The summed E-state index contributed by atoms with van der Waals surface area (Å²) >= 11 is 0. The summed E-state index contributed by atoms with van der Waals surface area (Å²) in [5, 5.41) is 1.21. The summed E-state index contributed by atoms with van der Waals surface area (Å²) in [6, 6.07) is 7.68. The minimum absolute atomic E-state index is 0.0885. The van der Waals surface area contributed by atoms with Gasteiger partial charge in [-0.1, -0.05) is 12.1 Å². The fourth-order valence-corrected chi connectivity index (χ4v) is 3.35. The Morgan fingerprint density at radius 2 is 1.70 bits per heavy atom. The van der Waals surface area contributed by atoms with Gasteiger partial charge in [-0.25, -0.2) is 8.42 Å². The molecule has 130 valence electrons. The molecule has 0 fully saturated rings. The molecule has 0 aromatic heterocycles. The first-order valence-corrected chi connectivity index (χ1v) is 9.45. The van der Waals surface area contributed by atoms with Gasteiger partial charge in [-0.2, -0.15) is 0 Å². The molecule has 1 N–H and O–H groups in total. The van der Waals surface area contributed by atoms with Crippen molar-refractivity contribution in [3.63, 3.8) is 0 Å². The quantitative estimate of drug-likeness (QED) is 0.788. The largest absolute Gasteiger partial charge is 0.497 e. The minimum Gasteiger partial charge on any atom is -0.497 e. The van der Waals surface area contributed by atoms with E-state index in [9.17, 15) is 13.2 Å². The van der Waals surface area contributed by atoms with E-state index in [-0.39, 0.29) is 6.04 Å². The molecule has 0 saturated carbocycles. The molecule has 0 unspecified atom stereocenters. The van der Waals surface area contributed by atoms with Crippen LogP contribution in [0.4, 0.5) is 0 Å². The topological polar surface area (TPSA) is 72.5 Å². The normalized spacial score (nSPS) is 14.3. The average molecular weight is 341 g/mol. The lowest BCUT2D eigenvalue weighted by molar-refractivity contribution is -0.121. The summed E-state index contributed by atoms with van der Waals surface area (Å²) in [7, 11) is -1.80. The smallest absolute Gasteiger partial charge is 0.238 e. The number of amides is 1.